The van der Waals surface area contributed by atoms with Crippen molar-refractivity contribution in [2.75, 3.05) is 33.8 Å². The number of nitrogens with zero attached hydrogens (tertiary/aromatic N) is 2. The molecule has 33 heavy (non-hydrogen) atoms. The van der Waals surface area contributed by atoms with Crippen LogP contribution in [0, 0.1) is 12.8 Å². The van der Waals surface area contributed by atoms with Crippen LogP contribution in [-0.2, 0) is 0 Å². The van der Waals surface area contributed by atoms with Gasteiger partial charge in [0.25, 0.3) is 5.91 Å². The normalized spacial score (nSPS) is 15.7. The number of hydrogen-bond acceptors (Lipinski definition) is 5. The Morgan fingerprint density at radius 1 is 1.12 bits per heavy atom. The quantitative estimate of drug-likeness (QED) is 0.503. The summed E-state index contributed by atoms with van der Waals surface area (Å²) in [5, 5.41) is 0.505. The van der Waals surface area contributed by atoms with Crippen molar-refractivity contribution < 1.29 is 13.9 Å². The second-order valence-corrected chi connectivity index (χ2v) is 9.48. The molecule has 1 unspecified atom stereocenters. The summed E-state index contributed by atoms with van der Waals surface area (Å²) in [4.78, 5) is 30.8. The van der Waals surface area contributed by atoms with Gasteiger partial charge in [-0.25, -0.2) is 0 Å². The second kappa shape index (κ2) is 9.40. The molecule has 0 N–H and O–H groups in total. The molecule has 2 aromatic carbocycles. The van der Waals surface area contributed by atoms with Crippen molar-refractivity contribution in [3.8, 4) is 5.75 Å². The maximum absolute atomic E-state index is 13.6. The number of ether oxygens (including phenoxy) is 1. The fourth-order valence-corrected chi connectivity index (χ4v) is 4.21. The Balaban J connectivity index is 1.81. The highest BCUT2D eigenvalue weighted by atomic mass is 16.5. The number of likely N-dealkylation sites (N-methyl/N-ethyl adjacent to an activating group) is 1. The van der Waals surface area contributed by atoms with Gasteiger partial charge in [-0.1, -0.05) is 37.6 Å². The van der Waals surface area contributed by atoms with Gasteiger partial charge in [-0.3, -0.25) is 9.59 Å². The maximum atomic E-state index is 13.6. The van der Waals surface area contributed by atoms with E-state index < -0.39 is 6.04 Å². The van der Waals surface area contributed by atoms with Crippen LogP contribution in [0.2, 0.25) is 0 Å². The summed E-state index contributed by atoms with van der Waals surface area (Å²) in [5.41, 5.74) is 2.53. The first-order chi connectivity index (χ1) is 15.8. The minimum atomic E-state index is -0.512. The van der Waals surface area contributed by atoms with Gasteiger partial charge in [0.15, 0.2) is 5.43 Å². The zero-order valence-corrected chi connectivity index (χ0v) is 20.1. The van der Waals surface area contributed by atoms with Gasteiger partial charge in [0.2, 0.25) is 5.76 Å². The first kappa shape index (κ1) is 23.1. The van der Waals surface area contributed by atoms with Gasteiger partial charge in [0.1, 0.15) is 11.3 Å². The third-order valence-electron chi connectivity index (χ3n) is 6.05. The third-order valence-corrected chi connectivity index (χ3v) is 6.05. The van der Waals surface area contributed by atoms with E-state index in [1.807, 2.05) is 62.3 Å². The van der Waals surface area contributed by atoms with Crippen LogP contribution in [-0.4, -0.2) is 49.5 Å². The van der Waals surface area contributed by atoms with Gasteiger partial charge in [0.05, 0.1) is 23.6 Å². The molecule has 174 valence electrons. The van der Waals surface area contributed by atoms with E-state index in [2.05, 4.69) is 13.8 Å². The molecular formula is C27H32N2O4. The van der Waals surface area contributed by atoms with E-state index >= 15 is 0 Å². The molecule has 1 amide bonds. The van der Waals surface area contributed by atoms with E-state index in [4.69, 9.17) is 9.15 Å². The molecule has 2 heterocycles. The molecule has 1 aliphatic heterocycles. The van der Waals surface area contributed by atoms with E-state index in [1.54, 1.807) is 11.0 Å². The molecule has 6 heteroatoms. The Labute approximate surface area is 194 Å². The molecular weight excluding hydrogens is 416 g/mol. The summed E-state index contributed by atoms with van der Waals surface area (Å²) < 4.78 is 12.0. The Hall–Kier alpha value is -3.12. The van der Waals surface area contributed by atoms with Crippen molar-refractivity contribution in [3.05, 3.63) is 75.1 Å². The smallest absolute Gasteiger partial charge is 0.290 e. The number of rotatable bonds is 8. The summed E-state index contributed by atoms with van der Waals surface area (Å²) in [6.07, 6.45) is 0.957. The van der Waals surface area contributed by atoms with Crippen LogP contribution in [0.1, 0.15) is 53.6 Å². The van der Waals surface area contributed by atoms with Gasteiger partial charge in [0, 0.05) is 13.1 Å². The van der Waals surface area contributed by atoms with Gasteiger partial charge in [-0.05, 0) is 63.2 Å². The van der Waals surface area contributed by atoms with Crippen molar-refractivity contribution in [1.82, 2.24) is 9.80 Å². The highest BCUT2D eigenvalue weighted by Crippen LogP contribution is 2.39. The number of fused-ring (bicyclic) bond motifs is 2. The lowest BCUT2D eigenvalue weighted by atomic mass is 9.98. The first-order valence-electron chi connectivity index (χ1n) is 11.5. The Kier molecular flexibility index (Phi) is 6.56. The van der Waals surface area contributed by atoms with Crippen LogP contribution < -0.4 is 10.2 Å². The molecule has 0 saturated heterocycles. The minimum absolute atomic E-state index is 0.145. The SMILES string of the molecule is Cc1ccc2oc3c(c(=O)c2c1)C(c1cccc(OCCC(C)C)c1)N(CCN(C)C)C3=O. The number of aryl methyl sites for hydroxylation is 1. The predicted octanol–water partition coefficient (Wildman–Crippen LogP) is 4.63. The Morgan fingerprint density at radius 3 is 2.64 bits per heavy atom. The van der Waals surface area contributed by atoms with Gasteiger partial charge in [-0.2, -0.15) is 0 Å². The predicted molar refractivity (Wildman–Crippen MR) is 130 cm³/mol. The van der Waals surface area contributed by atoms with Crippen LogP contribution in [0.15, 0.2) is 51.7 Å². The van der Waals surface area contributed by atoms with Crippen molar-refractivity contribution in [2.24, 2.45) is 5.92 Å². The van der Waals surface area contributed by atoms with Crippen LogP contribution in [0.4, 0.5) is 0 Å². The van der Waals surface area contributed by atoms with Crippen molar-refractivity contribution >= 4 is 16.9 Å². The van der Waals surface area contributed by atoms with E-state index in [-0.39, 0.29) is 17.1 Å². The molecule has 0 fully saturated rings. The van der Waals surface area contributed by atoms with Crippen LogP contribution in [0.5, 0.6) is 5.75 Å². The lowest BCUT2D eigenvalue weighted by Gasteiger charge is -2.26. The summed E-state index contributed by atoms with van der Waals surface area (Å²) in [6, 6.07) is 12.7. The average molecular weight is 449 g/mol. The third kappa shape index (κ3) is 4.67. The van der Waals surface area contributed by atoms with Crippen molar-refractivity contribution in [1.29, 1.82) is 0 Å². The Morgan fingerprint density at radius 2 is 1.91 bits per heavy atom. The highest BCUT2D eigenvalue weighted by Gasteiger charge is 2.42. The van der Waals surface area contributed by atoms with Crippen LogP contribution >= 0.6 is 0 Å². The van der Waals surface area contributed by atoms with E-state index in [0.717, 1.165) is 23.3 Å². The van der Waals surface area contributed by atoms with Gasteiger partial charge < -0.3 is 19.0 Å². The number of carbonyl (C=O) groups excluding carboxylic acids is 1. The maximum Gasteiger partial charge on any atom is 0.290 e. The summed E-state index contributed by atoms with van der Waals surface area (Å²) in [7, 11) is 3.93. The Bertz CT molecular complexity index is 1230. The summed E-state index contributed by atoms with van der Waals surface area (Å²) >= 11 is 0. The fraction of sp³-hybridized carbons (Fsp3) is 0.407. The van der Waals surface area contributed by atoms with E-state index in [9.17, 15) is 9.59 Å². The molecule has 1 aromatic heterocycles. The molecule has 6 nitrogen and oxygen atoms in total. The van der Waals surface area contributed by atoms with E-state index in [1.165, 1.54) is 0 Å². The summed E-state index contributed by atoms with van der Waals surface area (Å²) in [6.45, 7) is 8.04. The largest absolute Gasteiger partial charge is 0.494 e. The molecule has 0 radical (unpaired) electrons. The molecule has 0 aliphatic carbocycles. The van der Waals surface area contributed by atoms with Crippen LogP contribution in [0.25, 0.3) is 11.0 Å². The average Bonchev–Trinajstić information content (AvgIpc) is 3.05. The van der Waals surface area contributed by atoms with Gasteiger partial charge in [-0.15, -0.1) is 0 Å². The number of benzene rings is 2. The van der Waals surface area contributed by atoms with Gasteiger partial charge >= 0.3 is 0 Å². The van der Waals surface area contributed by atoms with E-state index in [0.29, 0.717) is 42.1 Å². The molecule has 0 spiro atoms. The zero-order chi connectivity index (χ0) is 23.7. The zero-order valence-electron chi connectivity index (χ0n) is 20.1. The highest BCUT2D eigenvalue weighted by molar-refractivity contribution is 5.99. The lowest BCUT2D eigenvalue weighted by Crippen LogP contribution is -2.35. The molecule has 3 aromatic rings. The molecule has 0 bridgehead atoms. The van der Waals surface area contributed by atoms with Crippen molar-refractivity contribution in [3.63, 3.8) is 0 Å². The standard InChI is InChI=1S/C27H32N2O4/c1-17(2)11-14-32-20-8-6-7-19(16-20)24-23-25(30)21-15-18(3)9-10-22(21)33-26(23)27(31)29(24)13-12-28(4)5/h6-10,15-17,24H,11-14H2,1-5H3. The molecule has 1 aliphatic rings. The molecule has 4 rings (SSSR count). The second-order valence-electron chi connectivity index (χ2n) is 9.48. The monoisotopic (exact) mass is 448 g/mol. The topological polar surface area (TPSA) is 63.0 Å². The minimum Gasteiger partial charge on any atom is -0.494 e. The summed E-state index contributed by atoms with van der Waals surface area (Å²) in [5.74, 6) is 1.19. The molecule has 0 saturated carbocycles. The number of hydrogen-bond donors (Lipinski definition) is 0. The lowest BCUT2D eigenvalue weighted by molar-refractivity contribution is 0.0716. The fourth-order valence-electron chi connectivity index (χ4n) is 4.21. The first-order valence-corrected chi connectivity index (χ1v) is 11.5. The number of carbonyl (C=O) groups is 1. The molecule has 1 atom stereocenters. The van der Waals surface area contributed by atoms with Crippen LogP contribution in [0.3, 0.4) is 0 Å². The van der Waals surface area contributed by atoms with Crippen molar-refractivity contribution in [2.45, 2.75) is 33.2 Å². The number of amides is 1.